The van der Waals surface area contributed by atoms with Crippen LogP contribution in [0.4, 0.5) is 5.82 Å². The number of aryl methyl sites for hydroxylation is 1. The summed E-state index contributed by atoms with van der Waals surface area (Å²) in [5.41, 5.74) is 0. The van der Waals surface area contributed by atoms with E-state index in [0.717, 1.165) is 42.2 Å². The van der Waals surface area contributed by atoms with E-state index in [2.05, 4.69) is 51.9 Å². The summed E-state index contributed by atoms with van der Waals surface area (Å²) in [6.45, 7) is 13.4. The third-order valence-corrected chi connectivity index (χ3v) is 5.45. The minimum absolute atomic E-state index is 0.517. The number of nitrogens with one attached hydrogen (secondary N) is 1. The van der Waals surface area contributed by atoms with Gasteiger partial charge in [0, 0.05) is 43.6 Å². The molecule has 0 spiro atoms. The van der Waals surface area contributed by atoms with Crippen molar-refractivity contribution in [3.8, 4) is 0 Å². The van der Waals surface area contributed by atoms with Gasteiger partial charge in [0.25, 0.3) is 0 Å². The Hall–Kier alpha value is -1.24. The van der Waals surface area contributed by atoms with Crippen molar-refractivity contribution in [1.29, 1.82) is 0 Å². The van der Waals surface area contributed by atoms with Crippen LogP contribution >= 0.6 is 11.3 Å². The summed E-state index contributed by atoms with van der Waals surface area (Å²) in [5.74, 6) is 0.966. The predicted octanol–water partition coefficient (Wildman–Crippen LogP) is 2.44. The van der Waals surface area contributed by atoms with Gasteiger partial charge >= 0.3 is 0 Å². The minimum Gasteiger partial charge on any atom is -0.368 e. The molecule has 1 saturated heterocycles. The first kappa shape index (κ1) is 15.6. The number of hydrogen-bond acceptors (Lipinski definition) is 6. The van der Waals surface area contributed by atoms with E-state index in [0.29, 0.717) is 6.04 Å². The molecule has 120 valence electrons. The Balaban J connectivity index is 1.59. The van der Waals surface area contributed by atoms with Crippen molar-refractivity contribution >= 4 is 27.4 Å². The number of nitrogens with zero attached hydrogens (tertiary/aromatic N) is 4. The first-order valence-electron chi connectivity index (χ1n) is 8.08. The Morgan fingerprint density at radius 2 is 2.05 bits per heavy atom. The SMILES string of the molecule is CCN1CCN(C(C)CNc2ncnc3sc(C)cc23)CC1. The predicted molar refractivity (Wildman–Crippen MR) is 93.8 cm³/mol. The summed E-state index contributed by atoms with van der Waals surface area (Å²) >= 11 is 1.72. The molecule has 1 atom stereocenters. The molecule has 3 rings (SSSR count). The molecule has 1 fully saturated rings. The largest absolute Gasteiger partial charge is 0.368 e. The molecule has 0 radical (unpaired) electrons. The van der Waals surface area contributed by atoms with Gasteiger partial charge in [0.15, 0.2) is 0 Å². The maximum atomic E-state index is 4.42. The van der Waals surface area contributed by atoms with Crippen molar-refractivity contribution in [3.05, 3.63) is 17.3 Å². The van der Waals surface area contributed by atoms with Crippen molar-refractivity contribution in [2.24, 2.45) is 0 Å². The van der Waals surface area contributed by atoms with Gasteiger partial charge < -0.3 is 10.2 Å². The van der Waals surface area contributed by atoms with Crippen LogP contribution in [0.2, 0.25) is 0 Å². The summed E-state index contributed by atoms with van der Waals surface area (Å²) in [5, 5.41) is 4.67. The Morgan fingerprint density at radius 1 is 1.27 bits per heavy atom. The quantitative estimate of drug-likeness (QED) is 0.917. The molecular formula is C16H25N5S. The van der Waals surface area contributed by atoms with E-state index < -0.39 is 0 Å². The van der Waals surface area contributed by atoms with Gasteiger partial charge in [-0.3, -0.25) is 4.90 Å². The average molecular weight is 319 g/mol. The highest BCUT2D eigenvalue weighted by atomic mass is 32.1. The third kappa shape index (κ3) is 3.39. The van der Waals surface area contributed by atoms with Gasteiger partial charge in [0.05, 0.1) is 5.39 Å². The zero-order valence-corrected chi connectivity index (χ0v) is 14.5. The molecule has 2 aromatic heterocycles. The highest BCUT2D eigenvalue weighted by Crippen LogP contribution is 2.27. The van der Waals surface area contributed by atoms with Gasteiger partial charge in [-0.05, 0) is 26.5 Å². The molecule has 3 heterocycles. The second kappa shape index (κ2) is 6.89. The van der Waals surface area contributed by atoms with E-state index in [1.165, 1.54) is 18.0 Å². The fourth-order valence-electron chi connectivity index (χ4n) is 3.01. The van der Waals surface area contributed by atoms with Crippen LogP contribution in [0.5, 0.6) is 0 Å². The summed E-state index contributed by atoms with van der Waals surface area (Å²) in [7, 11) is 0. The zero-order chi connectivity index (χ0) is 15.5. The Kier molecular flexibility index (Phi) is 4.90. The lowest BCUT2D eigenvalue weighted by molar-refractivity contribution is 0.110. The van der Waals surface area contributed by atoms with Crippen molar-refractivity contribution in [2.45, 2.75) is 26.8 Å². The molecule has 0 bridgehead atoms. The normalized spacial score (nSPS) is 18.7. The summed E-state index contributed by atoms with van der Waals surface area (Å²) in [6.07, 6.45) is 1.66. The molecule has 0 amide bonds. The molecule has 5 nitrogen and oxygen atoms in total. The highest BCUT2D eigenvalue weighted by molar-refractivity contribution is 7.18. The number of rotatable bonds is 5. The van der Waals surface area contributed by atoms with Crippen LogP contribution in [0.15, 0.2) is 12.4 Å². The second-order valence-electron chi connectivity index (χ2n) is 6.00. The molecule has 1 aliphatic heterocycles. The number of fused-ring (bicyclic) bond motifs is 1. The fraction of sp³-hybridized carbons (Fsp3) is 0.625. The Morgan fingerprint density at radius 3 is 2.77 bits per heavy atom. The number of likely N-dealkylation sites (N-methyl/N-ethyl adjacent to an activating group) is 1. The van der Waals surface area contributed by atoms with Crippen LogP contribution in [0, 0.1) is 6.92 Å². The first-order valence-corrected chi connectivity index (χ1v) is 8.90. The average Bonchev–Trinajstić information content (AvgIpc) is 2.93. The Bertz CT molecular complexity index is 618. The number of piperazine rings is 1. The fourth-order valence-corrected chi connectivity index (χ4v) is 3.86. The maximum absolute atomic E-state index is 4.42. The van der Waals surface area contributed by atoms with Crippen molar-refractivity contribution in [2.75, 3.05) is 44.6 Å². The molecular weight excluding hydrogens is 294 g/mol. The van der Waals surface area contributed by atoms with Gasteiger partial charge in [0.2, 0.25) is 0 Å². The lowest BCUT2D eigenvalue weighted by atomic mass is 10.2. The van der Waals surface area contributed by atoms with E-state index in [-0.39, 0.29) is 0 Å². The van der Waals surface area contributed by atoms with E-state index in [1.54, 1.807) is 17.7 Å². The lowest BCUT2D eigenvalue weighted by Crippen LogP contribution is -2.51. The van der Waals surface area contributed by atoms with Gasteiger partial charge in [-0.15, -0.1) is 11.3 Å². The summed E-state index contributed by atoms with van der Waals surface area (Å²) < 4.78 is 0. The van der Waals surface area contributed by atoms with Crippen LogP contribution in [-0.4, -0.2) is 65.1 Å². The van der Waals surface area contributed by atoms with Gasteiger partial charge in [-0.1, -0.05) is 6.92 Å². The smallest absolute Gasteiger partial charge is 0.138 e. The molecule has 6 heteroatoms. The van der Waals surface area contributed by atoms with Crippen LogP contribution in [-0.2, 0) is 0 Å². The molecule has 0 saturated carbocycles. The molecule has 1 N–H and O–H groups in total. The van der Waals surface area contributed by atoms with Crippen LogP contribution in [0.3, 0.4) is 0 Å². The van der Waals surface area contributed by atoms with E-state index in [4.69, 9.17) is 0 Å². The van der Waals surface area contributed by atoms with Crippen LogP contribution in [0.25, 0.3) is 10.2 Å². The van der Waals surface area contributed by atoms with E-state index in [1.807, 2.05) is 0 Å². The third-order valence-electron chi connectivity index (χ3n) is 4.49. The van der Waals surface area contributed by atoms with E-state index >= 15 is 0 Å². The number of thiophene rings is 1. The first-order chi connectivity index (χ1) is 10.7. The van der Waals surface area contributed by atoms with Crippen molar-refractivity contribution in [3.63, 3.8) is 0 Å². The van der Waals surface area contributed by atoms with Gasteiger partial charge in [-0.2, -0.15) is 0 Å². The van der Waals surface area contributed by atoms with Gasteiger partial charge in [-0.25, -0.2) is 9.97 Å². The van der Waals surface area contributed by atoms with Crippen molar-refractivity contribution < 1.29 is 0 Å². The van der Waals surface area contributed by atoms with Gasteiger partial charge in [0.1, 0.15) is 17.0 Å². The highest BCUT2D eigenvalue weighted by Gasteiger charge is 2.20. The minimum atomic E-state index is 0.517. The zero-order valence-electron chi connectivity index (χ0n) is 13.7. The standard InChI is InChI=1S/C16H25N5S/c1-4-20-5-7-21(8-6-20)12(2)10-17-15-14-9-13(3)22-16(14)19-11-18-15/h9,11-12H,4-8,10H2,1-3H3,(H,17,18,19). The molecule has 2 aromatic rings. The molecule has 0 aliphatic carbocycles. The molecule has 1 aliphatic rings. The number of hydrogen-bond donors (Lipinski definition) is 1. The van der Waals surface area contributed by atoms with Crippen molar-refractivity contribution in [1.82, 2.24) is 19.8 Å². The molecule has 22 heavy (non-hydrogen) atoms. The molecule has 1 unspecified atom stereocenters. The summed E-state index contributed by atoms with van der Waals surface area (Å²) in [4.78, 5) is 16.2. The monoisotopic (exact) mass is 319 g/mol. The van der Waals surface area contributed by atoms with Crippen LogP contribution in [0.1, 0.15) is 18.7 Å². The Labute approximate surface area is 136 Å². The lowest BCUT2D eigenvalue weighted by Gasteiger charge is -2.37. The molecule has 0 aromatic carbocycles. The van der Waals surface area contributed by atoms with E-state index in [9.17, 15) is 0 Å². The number of aromatic nitrogens is 2. The summed E-state index contributed by atoms with van der Waals surface area (Å²) in [6, 6.07) is 2.69. The van der Waals surface area contributed by atoms with Crippen LogP contribution < -0.4 is 5.32 Å². The number of anilines is 1. The second-order valence-corrected chi connectivity index (χ2v) is 7.23. The maximum Gasteiger partial charge on any atom is 0.138 e. The topological polar surface area (TPSA) is 44.3 Å².